The van der Waals surface area contributed by atoms with E-state index in [1.165, 1.54) is 12.3 Å². The van der Waals surface area contributed by atoms with Gasteiger partial charge in [0.2, 0.25) is 5.75 Å². The van der Waals surface area contributed by atoms with Crippen molar-refractivity contribution in [3.63, 3.8) is 0 Å². The van der Waals surface area contributed by atoms with Gasteiger partial charge in [-0.1, -0.05) is 0 Å². The van der Waals surface area contributed by atoms with E-state index in [4.69, 9.17) is 0 Å². The topological polar surface area (TPSA) is 80.9 Å². The fourth-order valence-electron chi connectivity index (χ4n) is 1.34. The molecule has 2 aromatic heterocycles. The quantitative estimate of drug-likeness (QED) is 0.793. The van der Waals surface area contributed by atoms with Crippen LogP contribution < -0.4 is 5.56 Å². The fourth-order valence-corrected chi connectivity index (χ4v) is 1.68. The summed E-state index contributed by atoms with van der Waals surface area (Å²) in [5, 5.41) is 9.58. The molecular weight excluding hydrogens is 292 g/mol. The minimum Gasteiger partial charge on any atom is -0.501 e. The monoisotopic (exact) mass is 298 g/mol. The molecular formula is C10H7BrN2O4. The number of carbonyl (C=O) groups excluding carboxylic acids is 1. The highest BCUT2D eigenvalue weighted by Gasteiger charge is 2.18. The third-order valence-electron chi connectivity index (χ3n) is 2.14. The molecule has 1 N–H and O–H groups in total. The van der Waals surface area contributed by atoms with E-state index in [1.807, 2.05) is 0 Å². The molecule has 0 amide bonds. The minimum absolute atomic E-state index is 0.247. The fraction of sp³-hybridized carbons (Fsp3) is 0.100. The van der Waals surface area contributed by atoms with Gasteiger partial charge in [0.15, 0.2) is 5.69 Å². The number of aromatic hydroxyl groups is 1. The van der Waals surface area contributed by atoms with Crippen molar-refractivity contribution in [1.29, 1.82) is 0 Å². The van der Waals surface area contributed by atoms with Gasteiger partial charge in [-0.25, -0.2) is 9.78 Å². The number of ether oxygens (including phenoxy) is 1. The first-order valence-electron chi connectivity index (χ1n) is 4.54. The van der Waals surface area contributed by atoms with Crippen LogP contribution in [-0.2, 0) is 4.74 Å². The van der Waals surface area contributed by atoms with Crippen LogP contribution in [0, 0.1) is 0 Å². The molecule has 6 nitrogen and oxygen atoms in total. The molecule has 0 bridgehead atoms. The average Bonchev–Trinajstić information content (AvgIpc) is 2.33. The third-order valence-corrected chi connectivity index (χ3v) is 2.61. The Kier molecular flexibility index (Phi) is 2.84. The van der Waals surface area contributed by atoms with Gasteiger partial charge in [0.25, 0.3) is 0 Å². The first kappa shape index (κ1) is 11.6. The van der Waals surface area contributed by atoms with Gasteiger partial charge in [0, 0.05) is 10.7 Å². The zero-order valence-electron chi connectivity index (χ0n) is 8.68. The molecule has 0 saturated carbocycles. The minimum atomic E-state index is -0.856. The van der Waals surface area contributed by atoms with E-state index >= 15 is 0 Å². The van der Waals surface area contributed by atoms with Crippen LogP contribution in [-0.4, -0.2) is 27.6 Å². The number of hydrogen-bond acceptors (Lipinski definition) is 5. The largest absolute Gasteiger partial charge is 0.501 e. The van der Waals surface area contributed by atoms with Gasteiger partial charge in [0.05, 0.1) is 7.11 Å². The van der Waals surface area contributed by atoms with E-state index in [-0.39, 0.29) is 11.3 Å². The number of fused-ring (bicyclic) bond motifs is 1. The maximum atomic E-state index is 11.8. The molecule has 0 radical (unpaired) electrons. The number of halogens is 1. The predicted octanol–water partition coefficient (Wildman–Crippen LogP) is 0.949. The van der Waals surface area contributed by atoms with Crippen LogP contribution in [0.3, 0.4) is 0 Å². The molecule has 0 aliphatic carbocycles. The molecule has 0 atom stereocenters. The number of methoxy groups -OCH3 is 1. The van der Waals surface area contributed by atoms with Crippen molar-refractivity contribution in [2.45, 2.75) is 0 Å². The van der Waals surface area contributed by atoms with Gasteiger partial charge in [0.1, 0.15) is 5.65 Å². The zero-order chi connectivity index (χ0) is 12.6. The molecule has 17 heavy (non-hydrogen) atoms. The highest BCUT2D eigenvalue weighted by Crippen LogP contribution is 2.14. The number of pyridine rings is 1. The zero-order valence-corrected chi connectivity index (χ0v) is 10.3. The molecule has 0 aliphatic heterocycles. The van der Waals surface area contributed by atoms with Gasteiger partial charge in [-0.05, 0) is 28.1 Å². The second kappa shape index (κ2) is 4.17. The molecule has 88 valence electrons. The van der Waals surface area contributed by atoms with Crippen LogP contribution in [0.1, 0.15) is 10.5 Å². The van der Waals surface area contributed by atoms with E-state index in [9.17, 15) is 14.7 Å². The van der Waals surface area contributed by atoms with Crippen molar-refractivity contribution < 1.29 is 14.6 Å². The van der Waals surface area contributed by atoms with Crippen LogP contribution in [0.15, 0.2) is 27.6 Å². The molecule has 0 saturated heterocycles. The van der Waals surface area contributed by atoms with E-state index in [0.717, 1.165) is 11.5 Å². The number of aromatic nitrogens is 2. The Labute approximate surface area is 104 Å². The summed E-state index contributed by atoms with van der Waals surface area (Å²) in [7, 11) is 1.15. The highest BCUT2D eigenvalue weighted by molar-refractivity contribution is 9.10. The number of nitrogens with zero attached hydrogens (tertiary/aromatic N) is 2. The van der Waals surface area contributed by atoms with Crippen LogP contribution in [0.25, 0.3) is 5.65 Å². The Morgan fingerprint density at radius 1 is 1.53 bits per heavy atom. The van der Waals surface area contributed by atoms with Crippen molar-refractivity contribution in [1.82, 2.24) is 9.38 Å². The first-order chi connectivity index (χ1) is 8.04. The van der Waals surface area contributed by atoms with Crippen LogP contribution in [0.5, 0.6) is 5.75 Å². The van der Waals surface area contributed by atoms with Gasteiger partial charge in [-0.2, -0.15) is 0 Å². The Morgan fingerprint density at radius 3 is 2.88 bits per heavy atom. The van der Waals surface area contributed by atoms with Crippen LogP contribution in [0.4, 0.5) is 0 Å². The lowest BCUT2D eigenvalue weighted by atomic mass is 10.3. The Balaban J connectivity index is 2.84. The molecule has 2 aromatic rings. The molecule has 0 fully saturated rings. The first-order valence-corrected chi connectivity index (χ1v) is 5.33. The molecule has 2 rings (SSSR count). The second-order valence-corrected chi connectivity index (χ2v) is 4.10. The molecule has 0 unspecified atom stereocenters. The van der Waals surface area contributed by atoms with Gasteiger partial charge < -0.3 is 9.84 Å². The normalized spacial score (nSPS) is 10.5. The molecule has 0 aliphatic rings. The summed E-state index contributed by atoms with van der Waals surface area (Å²) in [4.78, 5) is 26.9. The van der Waals surface area contributed by atoms with Crippen molar-refractivity contribution in [2.75, 3.05) is 7.11 Å². The molecule has 2 heterocycles. The van der Waals surface area contributed by atoms with Crippen molar-refractivity contribution in [2.24, 2.45) is 0 Å². The summed E-state index contributed by atoms with van der Waals surface area (Å²) in [5.41, 5.74) is -0.868. The van der Waals surface area contributed by atoms with Crippen molar-refractivity contribution in [3.05, 3.63) is 38.9 Å². The number of esters is 1. The number of carbonyl (C=O) groups is 1. The summed E-state index contributed by atoms with van der Waals surface area (Å²) in [6.45, 7) is 0. The molecule has 0 spiro atoms. The van der Waals surface area contributed by atoms with E-state index in [0.29, 0.717) is 4.47 Å². The summed E-state index contributed by atoms with van der Waals surface area (Å²) in [5.74, 6) is -1.59. The predicted molar refractivity (Wildman–Crippen MR) is 62.2 cm³/mol. The van der Waals surface area contributed by atoms with Crippen molar-refractivity contribution in [3.8, 4) is 5.75 Å². The summed E-state index contributed by atoms with van der Waals surface area (Å²) >= 11 is 3.19. The van der Waals surface area contributed by atoms with Gasteiger partial charge >= 0.3 is 11.5 Å². The summed E-state index contributed by atoms with van der Waals surface area (Å²) < 4.78 is 6.21. The Hall–Kier alpha value is -1.89. The van der Waals surface area contributed by atoms with E-state index in [2.05, 4.69) is 25.7 Å². The summed E-state index contributed by atoms with van der Waals surface area (Å²) in [6.07, 6.45) is 1.45. The Morgan fingerprint density at radius 2 is 2.24 bits per heavy atom. The standard InChI is InChI=1S/C10H7BrN2O4/c1-17-10(16)7-8(14)9(15)13-4-5(11)2-3-6(13)12-7/h2-4,14H,1H3. The molecule has 7 heteroatoms. The summed E-state index contributed by atoms with van der Waals surface area (Å²) in [6, 6.07) is 3.21. The van der Waals surface area contributed by atoms with Crippen LogP contribution >= 0.6 is 15.9 Å². The van der Waals surface area contributed by atoms with E-state index in [1.54, 1.807) is 6.07 Å². The lowest BCUT2D eigenvalue weighted by molar-refractivity contribution is 0.0590. The van der Waals surface area contributed by atoms with Gasteiger partial charge in [-0.3, -0.25) is 9.20 Å². The Bertz CT molecular complexity index is 665. The third kappa shape index (κ3) is 1.89. The van der Waals surface area contributed by atoms with Crippen molar-refractivity contribution >= 4 is 27.5 Å². The number of rotatable bonds is 1. The van der Waals surface area contributed by atoms with Crippen LogP contribution in [0.2, 0.25) is 0 Å². The lowest BCUT2D eigenvalue weighted by Gasteiger charge is -2.05. The smallest absolute Gasteiger partial charge is 0.360 e. The highest BCUT2D eigenvalue weighted by atomic mass is 79.9. The SMILES string of the molecule is COC(=O)c1nc2ccc(Br)cn2c(=O)c1O. The average molecular weight is 299 g/mol. The number of hydrogen-bond donors (Lipinski definition) is 1. The maximum Gasteiger partial charge on any atom is 0.360 e. The van der Waals surface area contributed by atoms with E-state index < -0.39 is 17.3 Å². The molecule has 0 aromatic carbocycles. The second-order valence-electron chi connectivity index (χ2n) is 3.18. The lowest BCUT2D eigenvalue weighted by Crippen LogP contribution is -2.19. The maximum absolute atomic E-state index is 11.8. The van der Waals surface area contributed by atoms with Gasteiger partial charge in [-0.15, -0.1) is 0 Å².